The lowest BCUT2D eigenvalue weighted by Gasteiger charge is -2.10. The van der Waals surface area contributed by atoms with Crippen LogP contribution in [-0.2, 0) is 6.18 Å². The number of nitrogens with zero attached hydrogens (tertiary/aromatic N) is 3. The van der Waals surface area contributed by atoms with Crippen LogP contribution in [-0.4, -0.2) is 15.0 Å². The van der Waals surface area contributed by atoms with Crippen LogP contribution in [0.25, 0.3) is 22.0 Å². The number of fused-ring (bicyclic) bond motifs is 1. The Morgan fingerprint density at radius 1 is 0.815 bits per heavy atom. The summed E-state index contributed by atoms with van der Waals surface area (Å²) in [6, 6.07) is 13.8. The second-order valence-electron chi connectivity index (χ2n) is 5.81. The van der Waals surface area contributed by atoms with E-state index < -0.39 is 11.7 Å². The molecule has 0 saturated carbocycles. The van der Waals surface area contributed by atoms with Crippen LogP contribution in [0, 0.1) is 0 Å². The van der Waals surface area contributed by atoms with Gasteiger partial charge >= 0.3 is 6.18 Å². The first kappa shape index (κ1) is 17.0. The van der Waals surface area contributed by atoms with E-state index in [-0.39, 0.29) is 11.6 Å². The largest absolute Gasteiger partial charge is 0.439 e. The minimum atomic E-state index is -4.42. The predicted octanol–water partition coefficient (Wildman–Crippen LogP) is 5.50. The van der Waals surface area contributed by atoms with Crippen LogP contribution in [0.3, 0.4) is 0 Å². The number of rotatable bonds is 3. The van der Waals surface area contributed by atoms with Crippen molar-refractivity contribution in [3.05, 3.63) is 78.9 Å². The molecule has 0 spiro atoms. The fourth-order valence-corrected chi connectivity index (χ4v) is 2.63. The Morgan fingerprint density at radius 3 is 2.44 bits per heavy atom. The minimum Gasteiger partial charge on any atom is -0.439 e. The molecule has 0 amide bonds. The van der Waals surface area contributed by atoms with Gasteiger partial charge in [-0.2, -0.15) is 13.2 Å². The summed E-state index contributed by atoms with van der Waals surface area (Å²) in [5, 5.41) is 0.902. The molecule has 2 aromatic heterocycles. The number of ether oxygens (including phenoxy) is 1. The Kier molecular flexibility index (Phi) is 4.19. The topological polar surface area (TPSA) is 47.9 Å². The molecule has 2 heterocycles. The average molecular weight is 367 g/mol. The first-order valence-electron chi connectivity index (χ1n) is 8.00. The molecule has 0 bridgehead atoms. The normalized spacial score (nSPS) is 11.5. The Balaban J connectivity index is 1.57. The molecule has 0 unspecified atom stereocenters. The van der Waals surface area contributed by atoms with E-state index in [1.165, 1.54) is 18.5 Å². The van der Waals surface area contributed by atoms with E-state index in [0.717, 1.165) is 34.2 Å². The molecule has 0 fully saturated rings. The Bertz CT molecular complexity index is 1100. The van der Waals surface area contributed by atoms with E-state index >= 15 is 0 Å². The molecular formula is C20H12F3N3O. The van der Waals surface area contributed by atoms with Gasteiger partial charge in [0.15, 0.2) is 0 Å². The van der Waals surface area contributed by atoms with Gasteiger partial charge in [0.25, 0.3) is 0 Å². The zero-order chi connectivity index (χ0) is 18.9. The molecule has 0 N–H and O–H groups in total. The summed E-state index contributed by atoms with van der Waals surface area (Å²) in [5.41, 5.74) is 1.84. The molecule has 4 nitrogen and oxygen atoms in total. The first-order chi connectivity index (χ1) is 13.0. The molecule has 0 aliphatic heterocycles. The maximum atomic E-state index is 12.8. The number of halogens is 3. The minimum absolute atomic E-state index is 0.0768. The van der Waals surface area contributed by atoms with Gasteiger partial charge < -0.3 is 4.74 Å². The van der Waals surface area contributed by atoms with Gasteiger partial charge in [0.05, 0.1) is 11.1 Å². The van der Waals surface area contributed by atoms with E-state index in [2.05, 4.69) is 15.0 Å². The van der Waals surface area contributed by atoms with Crippen molar-refractivity contribution in [2.45, 2.75) is 6.18 Å². The molecule has 0 aliphatic carbocycles. The summed E-state index contributed by atoms with van der Waals surface area (Å²) in [6.45, 7) is 0. The molecule has 27 heavy (non-hydrogen) atoms. The van der Waals surface area contributed by atoms with Crippen molar-refractivity contribution in [1.82, 2.24) is 15.0 Å². The van der Waals surface area contributed by atoms with Crippen molar-refractivity contribution < 1.29 is 17.9 Å². The van der Waals surface area contributed by atoms with E-state index in [1.54, 1.807) is 24.5 Å². The van der Waals surface area contributed by atoms with Crippen molar-refractivity contribution >= 4 is 10.9 Å². The molecule has 4 aromatic rings. The number of pyridine rings is 1. The van der Waals surface area contributed by atoms with E-state index in [4.69, 9.17) is 4.74 Å². The van der Waals surface area contributed by atoms with Gasteiger partial charge in [-0.15, -0.1) is 0 Å². The molecular weight excluding hydrogens is 355 g/mol. The molecule has 0 aliphatic rings. The van der Waals surface area contributed by atoms with Crippen LogP contribution < -0.4 is 4.74 Å². The fraction of sp³-hybridized carbons (Fsp3) is 0.0500. The molecule has 0 radical (unpaired) electrons. The Hall–Kier alpha value is -3.48. The summed E-state index contributed by atoms with van der Waals surface area (Å²) in [7, 11) is 0. The lowest BCUT2D eigenvalue weighted by atomic mass is 10.1. The zero-order valence-corrected chi connectivity index (χ0v) is 13.8. The van der Waals surface area contributed by atoms with Gasteiger partial charge in [0, 0.05) is 29.4 Å². The van der Waals surface area contributed by atoms with Gasteiger partial charge in [-0.1, -0.05) is 12.1 Å². The summed E-state index contributed by atoms with van der Waals surface area (Å²) in [6.07, 6.45) is 0.401. The van der Waals surface area contributed by atoms with Crippen molar-refractivity contribution in [3.63, 3.8) is 0 Å². The van der Waals surface area contributed by atoms with Crippen LogP contribution in [0.5, 0.6) is 11.6 Å². The lowest BCUT2D eigenvalue weighted by molar-refractivity contribution is -0.137. The van der Waals surface area contributed by atoms with Gasteiger partial charge in [-0.25, -0.2) is 15.0 Å². The average Bonchev–Trinajstić information content (AvgIpc) is 2.68. The first-order valence-corrected chi connectivity index (χ1v) is 8.00. The molecule has 7 heteroatoms. The van der Waals surface area contributed by atoms with Crippen LogP contribution in [0.1, 0.15) is 5.56 Å². The predicted molar refractivity (Wildman–Crippen MR) is 94.3 cm³/mol. The maximum Gasteiger partial charge on any atom is 0.416 e. The monoisotopic (exact) mass is 367 g/mol. The highest BCUT2D eigenvalue weighted by Crippen LogP contribution is 2.32. The van der Waals surface area contributed by atoms with Gasteiger partial charge in [0.1, 0.15) is 12.1 Å². The fourth-order valence-electron chi connectivity index (χ4n) is 2.63. The number of alkyl halides is 3. The molecule has 4 rings (SSSR count). The summed E-state index contributed by atoms with van der Waals surface area (Å²) < 4.78 is 43.8. The summed E-state index contributed by atoms with van der Waals surface area (Å²) in [4.78, 5) is 12.4. The third-order valence-corrected chi connectivity index (χ3v) is 3.96. The van der Waals surface area contributed by atoms with Crippen molar-refractivity contribution in [3.8, 4) is 22.8 Å². The van der Waals surface area contributed by atoms with Crippen LogP contribution >= 0.6 is 0 Å². The highest BCUT2D eigenvalue weighted by Gasteiger charge is 2.30. The smallest absolute Gasteiger partial charge is 0.416 e. The highest BCUT2D eigenvalue weighted by molar-refractivity contribution is 5.83. The van der Waals surface area contributed by atoms with Crippen molar-refractivity contribution in [2.75, 3.05) is 0 Å². The highest BCUT2D eigenvalue weighted by atomic mass is 19.4. The molecule has 0 atom stereocenters. The third-order valence-electron chi connectivity index (χ3n) is 3.96. The third kappa shape index (κ3) is 3.72. The van der Waals surface area contributed by atoms with E-state index in [1.807, 2.05) is 18.2 Å². The standard InChI is InChI=1S/C20H12F3N3O/c21-20(22,23)16-2-1-3-17(9-16)27-19-7-5-14(11-25-19)13-4-6-18-15(8-13)10-24-12-26-18/h1-12H. The number of aromatic nitrogens is 3. The lowest BCUT2D eigenvalue weighted by Crippen LogP contribution is -2.04. The SMILES string of the molecule is FC(F)(F)c1cccc(Oc2ccc(-c3ccc4ncncc4c3)cn2)c1. The van der Waals surface area contributed by atoms with Gasteiger partial charge in [-0.3, -0.25) is 0 Å². The van der Waals surface area contributed by atoms with E-state index in [9.17, 15) is 13.2 Å². The summed E-state index contributed by atoms with van der Waals surface area (Å²) >= 11 is 0. The Morgan fingerprint density at radius 2 is 1.67 bits per heavy atom. The van der Waals surface area contributed by atoms with Gasteiger partial charge in [-0.05, 0) is 42.0 Å². The molecule has 134 valence electrons. The number of hydrogen-bond acceptors (Lipinski definition) is 4. The second-order valence-corrected chi connectivity index (χ2v) is 5.81. The quantitative estimate of drug-likeness (QED) is 0.479. The molecule has 2 aromatic carbocycles. The second kappa shape index (κ2) is 6.68. The van der Waals surface area contributed by atoms with Crippen molar-refractivity contribution in [1.29, 1.82) is 0 Å². The van der Waals surface area contributed by atoms with Crippen molar-refractivity contribution in [2.24, 2.45) is 0 Å². The van der Waals surface area contributed by atoms with Crippen LogP contribution in [0.4, 0.5) is 13.2 Å². The van der Waals surface area contributed by atoms with Gasteiger partial charge in [0.2, 0.25) is 5.88 Å². The number of hydrogen-bond donors (Lipinski definition) is 0. The van der Waals surface area contributed by atoms with Crippen LogP contribution in [0.2, 0.25) is 0 Å². The van der Waals surface area contributed by atoms with Crippen LogP contribution in [0.15, 0.2) is 73.3 Å². The maximum absolute atomic E-state index is 12.8. The molecule has 0 saturated heterocycles. The Labute approximate surface area is 152 Å². The zero-order valence-electron chi connectivity index (χ0n) is 13.8. The summed E-state index contributed by atoms with van der Waals surface area (Å²) in [5.74, 6) is 0.287. The van der Waals surface area contributed by atoms with E-state index in [0.29, 0.717) is 0 Å². The number of benzene rings is 2.